The van der Waals surface area contributed by atoms with Gasteiger partial charge in [0, 0.05) is 6.54 Å². The van der Waals surface area contributed by atoms with Crippen molar-refractivity contribution in [2.24, 2.45) is 5.92 Å². The molecule has 0 radical (unpaired) electrons. The van der Waals surface area contributed by atoms with Crippen LogP contribution in [0.2, 0.25) is 0 Å². The second-order valence-electron chi connectivity index (χ2n) is 5.65. The molecule has 0 N–H and O–H groups in total. The minimum atomic E-state index is 0.354. The molecule has 0 saturated carbocycles. The molecule has 3 fully saturated rings. The van der Waals surface area contributed by atoms with Crippen LogP contribution in [0, 0.1) is 5.92 Å². The lowest BCUT2D eigenvalue weighted by Crippen LogP contribution is -2.52. The number of aromatic nitrogens is 1. The van der Waals surface area contributed by atoms with Crippen LogP contribution < -0.4 is 4.74 Å². The fourth-order valence-electron chi connectivity index (χ4n) is 3.24. The van der Waals surface area contributed by atoms with Crippen LogP contribution in [0.4, 0.5) is 0 Å². The smallest absolute Gasteiger partial charge is 0.138 e. The van der Waals surface area contributed by atoms with Crippen LogP contribution in [0.1, 0.15) is 12.8 Å². The van der Waals surface area contributed by atoms with E-state index in [9.17, 15) is 0 Å². The predicted molar refractivity (Wildman–Crippen MR) is 81.1 cm³/mol. The van der Waals surface area contributed by atoms with Crippen molar-refractivity contribution in [3.63, 3.8) is 0 Å². The molecule has 2 bridgehead atoms. The summed E-state index contributed by atoms with van der Waals surface area (Å²) in [6.45, 7) is 3.58. The van der Waals surface area contributed by atoms with Gasteiger partial charge in [0.05, 0.1) is 16.8 Å². The SMILES string of the molecule is c1csc(-c2ccc(O[C@H]3CN4CCC3CC4)cn2)c1. The molecule has 3 aliphatic heterocycles. The zero-order chi connectivity index (χ0) is 13.4. The second kappa shape index (κ2) is 5.19. The van der Waals surface area contributed by atoms with E-state index in [1.807, 2.05) is 6.20 Å². The standard InChI is InChI=1S/C16H18N2OS/c1-2-16(20-9-1)14-4-3-13(10-17-14)19-15-11-18-7-5-12(15)6-8-18/h1-4,9-10,12,15H,5-8,11H2/t15-/m0/s1. The van der Waals surface area contributed by atoms with Crippen LogP contribution in [-0.2, 0) is 0 Å². The summed E-state index contributed by atoms with van der Waals surface area (Å²) in [6.07, 6.45) is 4.79. The number of hydrogen-bond donors (Lipinski definition) is 0. The number of nitrogens with zero attached hydrogens (tertiary/aromatic N) is 2. The highest BCUT2D eigenvalue weighted by molar-refractivity contribution is 7.13. The Hall–Kier alpha value is -1.39. The summed E-state index contributed by atoms with van der Waals surface area (Å²) in [5, 5.41) is 2.08. The minimum Gasteiger partial charge on any atom is -0.487 e. The molecule has 20 heavy (non-hydrogen) atoms. The van der Waals surface area contributed by atoms with Gasteiger partial charge in [-0.1, -0.05) is 6.07 Å². The minimum absolute atomic E-state index is 0.354. The number of hydrogen-bond acceptors (Lipinski definition) is 4. The fraction of sp³-hybridized carbons (Fsp3) is 0.438. The van der Waals surface area contributed by atoms with Crippen molar-refractivity contribution in [3.05, 3.63) is 35.8 Å². The van der Waals surface area contributed by atoms with E-state index in [4.69, 9.17) is 4.74 Å². The Morgan fingerprint density at radius 3 is 2.70 bits per heavy atom. The zero-order valence-corrected chi connectivity index (χ0v) is 12.2. The first kappa shape index (κ1) is 12.4. The molecule has 5 heterocycles. The summed E-state index contributed by atoms with van der Waals surface area (Å²) < 4.78 is 6.16. The lowest BCUT2D eigenvalue weighted by Gasteiger charge is -2.44. The number of ether oxygens (including phenoxy) is 1. The molecule has 0 amide bonds. The topological polar surface area (TPSA) is 25.4 Å². The second-order valence-corrected chi connectivity index (χ2v) is 6.60. The van der Waals surface area contributed by atoms with Crippen LogP contribution in [0.25, 0.3) is 10.6 Å². The average Bonchev–Trinajstić information content (AvgIpc) is 3.04. The summed E-state index contributed by atoms with van der Waals surface area (Å²) in [4.78, 5) is 8.24. The number of thiophene rings is 1. The van der Waals surface area contributed by atoms with Gasteiger partial charge in [-0.2, -0.15) is 0 Å². The maximum atomic E-state index is 6.16. The van der Waals surface area contributed by atoms with Gasteiger partial charge in [-0.05, 0) is 55.4 Å². The molecule has 0 aromatic carbocycles. The Morgan fingerprint density at radius 2 is 2.10 bits per heavy atom. The highest BCUT2D eigenvalue weighted by Crippen LogP contribution is 2.31. The molecule has 5 rings (SSSR count). The number of pyridine rings is 1. The molecular formula is C16H18N2OS. The molecule has 2 aromatic heterocycles. The number of piperidine rings is 3. The van der Waals surface area contributed by atoms with Crippen molar-refractivity contribution in [1.82, 2.24) is 9.88 Å². The molecule has 3 nitrogen and oxygen atoms in total. The van der Waals surface area contributed by atoms with Gasteiger partial charge < -0.3 is 4.74 Å². The fourth-order valence-corrected chi connectivity index (χ4v) is 3.94. The highest BCUT2D eigenvalue weighted by Gasteiger charge is 2.35. The van der Waals surface area contributed by atoms with Gasteiger partial charge >= 0.3 is 0 Å². The Bertz CT molecular complexity index is 559. The number of fused-ring (bicyclic) bond motifs is 3. The zero-order valence-electron chi connectivity index (χ0n) is 11.4. The number of rotatable bonds is 3. The van der Waals surface area contributed by atoms with Crippen LogP contribution >= 0.6 is 11.3 Å². The maximum Gasteiger partial charge on any atom is 0.138 e. The van der Waals surface area contributed by atoms with E-state index in [-0.39, 0.29) is 0 Å². The van der Waals surface area contributed by atoms with Gasteiger partial charge in [-0.25, -0.2) is 0 Å². The van der Waals surface area contributed by atoms with E-state index in [1.165, 1.54) is 30.8 Å². The molecule has 1 atom stereocenters. The van der Waals surface area contributed by atoms with Gasteiger partial charge in [0.15, 0.2) is 0 Å². The summed E-state index contributed by atoms with van der Waals surface area (Å²) in [5.41, 5.74) is 1.03. The van der Waals surface area contributed by atoms with E-state index >= 15 is 0 Å². The molecule has 3 saturated heterocycles. The van der Waals surface area contributed by atoms with Crippen molar-refractivity contribution in [2.45, 2.75) is 18.9 Å². The first-order chi connectivity index (χ1) is 9.88. The molecule has 0 spiro atoms. The molecule has 104 valence electrons. The van der Waals surface area contributed by atoms with Gasteiger partial charge in [0.2, 0.25) is 0 Å². The van der Waals surface area contributed by atoms with E-state index in [0.717, 1.165) is 23.9 Å². The normalized spacial score (nSPS) is 28.5. The van der Waals surface area contributed by atoms with Crippen LogP contribution in [0.15, 0.2) is 35.8 Å². The van der Waals surface area contributed by atoms with Crippen molar-refractivity contribution in [1.29, 1.82) is 0 Å². The van der Waals surface area contributed by atoms with E-state index < -0.39 is 0 Å². The Morgan fingerprint density at radius 1 is 1.20 bits per heavy atom. The van der Waals surface area contributed by atoms with Gasteiger partial charge in [-0.3, -0.25) is 9.88 Å². The van der Waals surface area contributed by atoms with Crippen molar-refractivity contribution < 1.29 is 4.74 Å². The third-order valence-corrected chi connectivity index (χ3v) is 5.29. The maximum absolute atomic E-state index is 6.16. The Balaban J connectivity index is 1.47. The van der Waals surface area contributed by atoms with Crippen LogP contribution in [-0.4, -0.2) is 35.6 Å². The quantitative estimate of drug-likeness (QED) is 0.866. The summed E-state index contributed by atoms with van der Waals surface area (Å²) >= 11 is 1.72. The lowest BCUT2D eigenvalue weighted by atomic mass is 9.86. The molecule has 2 aromatic rings. The van der Waals surface area contributed by atoms with Crippen molar-refractivity contribution in [2.75, 3.05) is 19.6 Å². The molecule has 0 aliphatic carbocycles. The van der Waals surface area contributed by atoms with Crippen LogP contribution in [0.5, 0.6) is 5.75 Å². The van der Waals surface area contributed by atoms with Crippen molar-refractivity contribution >= 4 is 11.3 Å². The van der Waals surface area contributed by atoms with E-state index in [0.29, 0.717) is 6.10 Å². The van der Waals surface area contributed by atoms with Gasteiger partial charge in [0.25, 0.3) is 0 Å². The predicted octanol–water partition coefficient (Wildman–Crippen LogP) is 3.28. The van der Waals surface area contributed by atoms with Gasteiger partial charge in [0.1, 0.15) is 11.9 Å². The third kappa shape index (κ3) is 2.34. The average molecular weight is 286 g/mol. The largest absolute Gasteiger partial charge is 0.487 e. The first-order valence-corrected chi connectivity index (χ1v) is 8.15. The molecule has 3 aliphatic rings. The Labute approximate surface area is 123 Å². The summed E-state index contributed by atoms with van der Waals surface area (Å²) in [6, 6.07) is 8.27. The molecular weight excluding hydrogens is 268 g/mol. The highest BCUT2D eigenvalue weighted by atomic mass is 32.1. The monoisotopic (exact) mass is 286 g/mol. The summed E-state index contributed by atoms with van der Waals surface area (Å²) in [7, 11) is 0. The first-order valence-electron chi connectivity index (χ1n) is 7.27. The lowest BCUT2D eigenvalue weighted by molar-refractivity contribution is -0.00791. The molecule has 0 unspecified atom stereocenters. The van der Waals surface area contributed by atoms with E-state index in [1.54, 1.807) is 11.3 Å². The van der Waals surface area contributed by atoms with Gasteiger partial charge in [-0.15, -0.1) is 11.3 Å². The van der Waals surface area contributed by atoms with Crippen LogP contribution in [0.3, 0.4) is 0 Å². The third-order valence-electron chi connectivity index (χ3n) is 4.39. The Kier molecular flexibility index (Phi) is 3.20. The summed E-state index contributed by atoms with van der Waals surface area (Å²) in [5.74, 6) is 1.64. The van der Waals surface area contributed by atoms with Crippen molar-refractivity contribution in [3.8, 4) is 16.3 Å². The molecule has 4 heteroatoms. The van der Waals surface area contributed by atoms with E-state index in [2.05, 4.69) is 39.5 Å².